The lowest BCUT2D eigenvalue weighted by atomic mass is 10.2. The molecule has 0 saturated heterocycles. The number of hydrogen-bond acceptors (Lipinski definition) is 6. The zero-order valence-electron chi connectivity index (χ0n) is 13.4. The maximum absolute atomic E-state index is 9.62. The van der Waals surface area contributed by atoms with Crippen LogP contribution in [0.3, 0.4) is 0 Å². The van der Waals surface area contributed by atoms with E-state index in [2.05, 4.69) is 10.3 Å². The number of ether oxygens (including phenoxy) is 1. The highest BCUT2D eigenvalue weighted by atomic mass is 32.1. The van der Waals surface area contributed by atoms with Crippen LogP contribution in [-0.4, -0.2) is 41.6 Å². The average molecular weight is 344 g/mol. The monoisotopic (exact) mass is 344 g/mol. The Kier molecular flexibility index (Phi) is 5.30. The fraction of sp³-hybridized carbons (Fsp3) is 0.278. The lowest BCUT2D eigenvalue weighted by molar-refractivity contribution is 0.0822. The minimum Gasteiger partial charge on any atom is -0.491 e. The number of aliphatic hydroxyl groups is 2. The van der Waals surface area contributed by atoms with Gasteiger partial charge in [-0.05, 0) is 48.9 Å². The highest BCUT2D eigenvalue weighted by Gasteiger charge is 2.09. The summed E-state index contributed by atoms with van der Waals surface area (Å²) in [5.41, 5.74) is 3.07. The zero-order chi connectivity index (χ0) is 16.9. The predicted molar refractivity (Wildman–Crippen MR) is 97.8 cm³/mol. The molecule has 6 heteroatoms. The molecule has 3 N–H and O–H groups in total. The Balaban J connectivity index is 1.78. The maximum Gasteiger partial charge on any atom is 0.124 e. The summed E-state index contributed by atoms with van der Waals surface area (Å²) in [5, 5.41) is 22.5. The first kappa shape index (κ1) is 16.7. The van der Waals surface area contributed by atoms with Gasteiger partial charge in [0.2, 0.25) is 0 Å². The van der Waals surface area contributed by atoms with Crippen LogP contribution in [0.1, 0.15) is 6.42 Å². The van der Waals surface area contributed by atoms with Crippen molar-refractivity contribution in [2.45, 2.75) is 12.5 Å². The van der Waals surface area contributed by atoms with E-state index in [1.165, 1.54) is 0 Å². The lowest BCUT2D eigenvalue weighted by Gasteiger charge is -2.10. The van der Waals surface area contributed by atoms with Gasteiger partial charge >= 0.3 is 0 Å². The van der Waals surface area contributed by atoms with Crippen LogP contribution >= 0.6 is 11.3 Å². The van der Waals surface area contributed by atoms with Gasteiger partial charge in [0.25, 0.3) is 0 Å². The van der Waals surface area contributed by atoms with Gasteiger partial charge in [-0.1, -0.05) is 0 Å². The number of thiazole rings is 1. The second-order valence-corrected chi connectivity index (χ2v) is 6.48. The summed E-state index contributed by atoms with van der Waals surface area (Å²) < 4.78 is 6.62. The molecule has 0 aliphatic carbocycles. The fourth-order valence-electron chi connectivity index (χ4n) is 2.32. The third-order valence-corrected chi connectivity index (χ3v) is 4.75. The van der Waals surface area contributed by atoms with E-state index < -0.39 is 6.10 Å². The molecule has 0 aliphatic heterocycles. The lowest BCUT2D eigenvalue weighted by Crippen LogP contribution is -2.18. The van der Waals surface area contributed by atoms with Crippen molar-refractivity contribution in [3.63, 3.8) is 0 Å². The Bertz CT molecular complexity index is 802. The van der Waals surface area contributed by atoms with Crippen LogP contribution in [0, 0.1) is 0 Å². The van der Waals surface area contributed by atoms with E-state index in [4.69, 9.17) is 9.84 Å². The van der Waals surface area contributed by atoms with E-state index in [0.717, 1.165) is 26.5 Å². The molecule has 3 rings (SSSR count). The number of aromatic nitrogens is 1. The summed E-state index contributed by atoms with van der Waals surface area (Å²) in [5.74, 6) is 0.695. The number of nitrogens with zero attached hydrogens (tertiary/aromatic N) is 1. The molecule has 24 heavy (non-hydrogen) atoms. The number of fused-ring (bicyclic) bond motifs is 1. The molecule has 3 aromatic rings. The van der Waals surface area contributed by atoms with Gasteiger partial charge in [0, 0.05) is 24.9 Å². The second kappa shape index (κ2) is 7.61. The first-order chi connectivity index (χ1) is 11.7. The van der Waals surface area contributed by atoms with Crippen molar-refractivity contribution in [1.29, 1.82) is 0 Å². The van der Waals surface area contributed by atoms with Crippen molar-refractivity contribution in [2.24, 2.45) is 0 Å². The molecule has 0 saturated carbocycles. The largest absolute Gasteiger partial charge is 0.491 e. The molecule has 1 atom stereocenters. The summed E-state index contributed by atoms with van der Waals surface area (Å²) in [7, 11) is 1.89. The number of aliphatic hydroxyl groups excluding tert-OH is 2. The smallest absolute Gasteiger partial charge is 0.124 e. The van der Waals surface area contributed by atoms with Gasteiger partial charge in [-0.15, -0.1) is 11.3 Å². The van der Waals surface area contributed by atoms with E-state index in [1.54, 1.807) is 11.3 Å². The maximum atomic E-state index is 9.62. The summed E-state index contributed by atoms with van der Waals surface area (Å²) in [4.78, 5) is 4.66. The molecule has 0 fully saturated rings. The molecule has 0 spiro atoms. The van der Waals surface area contributed by atoms with Crippen LogP contribution < -0.4 is 10.1 Å². The van der Waals surface area contributed by atoms with Crippen LogP contribution in [0.15, 0.2) is 42.5 Å². The molecule has 5 nitrogen and oxygen atoms in total. The Morgan fingerprint density at radius 2 is 2.00 bits per heavy atom. The second-order valence-electron chi connectivity index (χ2n) is 5.45. The molecule has 126 valence electrons. The topological polar surface area (TPSA) is 74.6 Å². The Hall–Kier alpha value is -2.15. The van der Waals surface area contributed by atoms with Crippen molar-refractivity contribution >= 4 is 27.2 Å². The Labute approximate surface area is 144 Å². The molecular weight excluding hydrogens is 324 g/mol. The summed E-state index contributed by atoms with van der Waals surface area (Å²) in [6.45, 7) is 0.122. The van der Waals surface area contributed by atoms with E-state index in [9.17, 15) is 5.11 Å². The van der Waals surface area contributed by atoms with Crippen LogP contribution in [-0.2, 0) is 0 Å². The van der Waals surface area contributed by atoms with Gasteiger partial charge in [0.15, 0.2) is 0 Å². The van der Waals surface area contributed by atoms with Crippen LogP contribution in [0.2, 0.25) is 0 Å². The molecule has 1 heterocycles. The molecule has 0 amide bonds. The quantitative estimate of drug-likeness (QED) is 0.614. The van der Waals surface area contributed by atoms with Crippen LogP contribution in [0.25, 0.3) is 20.8 Å². The average Bonchev–Trinajstić information content (AvgIpc) is 3.03. The summed E-state index contributed by atoms with van der Waals surface area (Å²) >= 11 is 1.61. The van der Waals surface area contributed by atoms with Crippen molar-refractivity contribution in [2.75, 3.05) is 25.6 Å². The van der Waals surface area contributed by atoms with Gasteiger partial charge in [0.1, 0.15) is 17.4 Å². The van der Waals surface area contributed by atoms with E-state index >= 15 is 0 Å². The summed E-state index contributed by atoms with van der Waals surface area (Å²) in [6.07, 6.45) is -0.344. The summed E-state index contributed by atoms with van der Waals surface area (Å²) in [6, 6.07) is 13.9. The van der Waals surface area contributed by atoms with Gasteiger partial charge in [0.05, 0.1) is 16.3 Å². The fourth-order valence-corrected chi connectivity index (χ4v) is 3.32. The number of nitrogens with one attached hydrogen (secondary N) is 1. The molecular formula is C18H20N2O3S. The van der Waals surface area contributed by atoms with Gasteiger partial charge in [-0.2, -0.15) is 0 Å². The predicted octanol–water partition coefficient (Wildman–Crippen LogP) is 3.13. The highest BCUT2D eigenvalue weighted by Crippen LogP contribution is 2.32. The van der Waals surface area contributed by atoms with Crippen molar-refractivity contribution in [3.8, 4) is 16.3 Å². The molecule has 1 aromatic heterocycles. The van der Waals surface area contributed by atoms with E-state index in [-0.39, 0.29) is 13.2 Å². The standard InChI is InChI=1S/C18H20N2O3S/c1-19-13-4-2-12(3-5-13)18-20-16-7-6-15(10-17(16)24-18)23-11-14(22)8-9-21/h2-7,10,14,19,21-22H,8-9,11H2,1H3/t14-/m0/s1. The molecule has 2 aromatic carbocycles. The van der Waals surface area contributed by atoms with E-state index in [0.29, 0.717) is 12.2 Å². The number of rotatable bonds is 7. The highest BCUT2D eigenvalue weighted by molar-refractivity contribution is 7.21. The first-order valence-electron chi connectivity index (χ1n) is 7.80. The number of benzene rings is 2. The van der Waals surface area contributed by atoms with Crippen molar-refractivity contribution in [1.82, 2.24) is 4.98 Å². The zero-order valence-corrected chi connectivity index (χ0v) is 14.2. The minimum atomic E-state index is -0.659. The third kappa shape index (κ3) is 3.84. The van der Waals surface area contributed by atoms with Crippen LogP contribution in [0.4, 0.5) is 5.69 Å². The third-order valence-electron chi connectivity index (χ3n) is 3.69. The normalized spacial score (nSPS) is 12.3. The SMILES string of the molecule is CNc1ccc(-c2nc3ccc(OC[C@@H](O)CCO)cc3s2)cc1. The van der Waals surface area contributed by atoms with Crippen LogP contribution in [0.5, 0.6) is 5.75 Å². The van der Waals surface area contributed by atoms with Crippen molar-refractivity contribution < 1.29 is 14.9 Å². The van der Waals surface area contributed by atoms with Gasteiger partial charge in [-0.3, -0.25) is 0 Å². The first-order valence-corrected chi connectivity index (χ1v) is 8.62. The molecule has 0 unspecified atom stereocenters. The molecule has 0 bridgehead atoms. The van der Waals surface area contributed by atoms with E-state index in [1.807, 2.05) is 49.5 Å². The molecule has 0 radical (unpaired) electrons. The molecule has 0 aliphatic rings. The Morgan fingerprint density at radius 1 is 1.21 bits per heavy atom. The Morgan fingerprint density at radius 3 is 2.71 bits per heavy atom. The number of hydrogen-bond donors (Lipinski definition) is 3. The number of anilines is 1. The minimum absolute atomic E-state index is 0.0475. The van der Waals surface area contributed by atoms with Gasteiger partial charge in [-0.25, -0.2) is 4.98 Å². The van der Waals surface area contributed by atoms with Crippen molar-refractivity contribution in [3.05, 3.63) is 42.5 Å². The van der Waals surface area contributed by atoms with Gasteiger partial charge < -0.3 is 20.3 Å².